The number of hydrogen-bond donors (Lipinski definition) is 0. The predicted octanol–water partition coefficient (Wildman–Crippen LogP) is 4.50. The van der Waals surface area contributed by atoms with E-state index in [9.17, 15) is 13.2 Å². The highest BCUT2D eigenvalue weighted by molar-refractivity contribution is 14.1. The molecule has 1 unspecified atom stereocenters. The normalized spacial score (nSPS) is 13.8. The van der Waals surface area contributed by atoms with Gasteiger partial charge >= 0.3 is 6.18 Å². The van der Waals surface area contributed by atoms with Gasteiger partial charge < -0.3 is 4.74 Å². The first-order valence-electron chi connectivity index (χ1n) is 4.42. The highest BCUT2D eigenvalue weighted by Crippen LogP contribution is 2.26. The average molecular weight is 409 g/mol. The van der Waals surface area contributed by atoms with Gasteiger partial charge in [0.05, 0.1) is 6.10 Å². The second kappa shape index (κ2) is 6.20. The fraction of sp³-hybridized carbons (Fsp3) is 0.400. The lowest BCUT2D eigenvalue weighted by atomic mass is 10.1. The minimum Gasteiger partial charge on any atom is -0.363 e. The van der Waals surface area contributed by atoms with E-state index in [4.69, 9.17) is 4.74 Å². The van der Waals surface area contributed by atoms with Gasteiger partial charge in [0, 0.05) is 8.90 Å². The van der Waals surface area contributed by atoms with Gasteiger partial charge in [-0.3, -0.25) is 0 Å². The third-order valence-electron chi connectivity index (χ3n) is 1.81. The van der Waals surface area contributed by atoms with Crippen LogP contribution in [0.1, 0.15) is 11.7 Å². The van der Waals surface area contributed by atoms with E-state index in [-0.39, 0.29) is 0 Å². The molecule has 0 aliphatic rings. The van der Waals surface area contributed by atoms with Crippen LogP contribution in [0.3, 0.4) is 0 Å². The molecule has 0 aromatic heterocycles. The van der Waals surface area contributed by atoms with Crippen molar-refractivity contribution >= 4 is 38.5 Å². The topological polar surface area (TPSA) is 9.23 Å². The van der Waals surface area contributed by atoms with E-state index >= 15 is 0 Å². The second-order valence-corrected chi connectivity index (χ2v) is 4.92. The fourth-order valence-electron chi connectivity index (χ4n) is 1.13. The van der Waals surface area contributed by atoms with E-state index in [0.717, 1.165) is 10.0 Å². The Morgan fingerprint density at radius 3 is 2.56 bits per heavy atom. The van der Waals surface area contributed by atoms with Crippen molar-refractivity contribution in [3.8, 4) is 0 Å². The summed E-state index contributed by atoms with van der Waals surface area (Å²) >= 11 is 5.28. The number of halogens is 5. The number of benzene rings is 1. The highest BCUT2D eigenvalue weighted by Gasteiger charge is 2.29. The highest BCUT2D eigenvalue weighted by atomic mass is 127. The van der Waals surface area contributed by atoms with Crippen molar-refractivity contribution in [3.05, 3.63) is 34.3 Å². The van der Waals surface area contributed by atoms with Crippen LogP contribution in [-0.2, 0) is 4.74 Å². The van der Waals surface area contributed by atoms with Crippen molar-refractivity contribution in [3.63, 3.8) is 0 Å². The summed E-state index contributed by atoms with van der Waals surface area (Å²) in [4.78, 5) is 0. The summed E-state index contributed by atoms with van der Waals surface area (Å²) in [6, 6.07) is 7.11. The van der Waals surface area contributed by atoms with Crippen LogP contribution in [0, 0.1) is 0 Å². The Bertz CT molecular complexity index is 343. The van der Waals surface area contributed by atoms with Crippen molar-refractivity contribution in [2.45, 2.75) is 12.3 Å². The quantitative estimate of drug-likeness (QED) is 0.526. The zero-order chi connectivity index (χ0) is 12.2. The first-order valence-corrected chi connectivity index (χ1v) is 6.74. The molecule has 1 rings (SSSR count). The summed E-state index contributed by atoms with van der Waals surface area (Å²) in [7, 11) is 0. The summed E-state index contributed by atoms with van der Waals surface area (Å²) in [6.07, 6.45) is -4.81. The molecule has 90 valence electrons. The number of alkyl halides is 4. The minimum atomic E-state index is -4.28. The maximum Gasteiger partial charge on any atom is 0.411 e. The van der Waals surface area contributed by atoms with E-state index in [1.54, 1.807) is 18.2 Å². The smallest absolute Gasteiger partial charge is 0.363 e. The summed E-state index contributed by atoms with van der Waals surface area (Å²) in [5.74, 6) is 0. The van der Waals surface area contributed by atoms with Crippen molar-refractivity contribution in [2.75, 3.05) is 11.0 Å². The molecule has 6 heteroatoms. The molecule has 0 saturated heterocycles. The molecule has 0 aliphatic carbocycles. The Hall–Kier alpha value is 0.180. The van der Waals surface area contributed by atoms with E-state index < -0.39 is 18.9 Å². The number of rotatable bonds is 4. The monoisotopic (exact) mass is 408 g/mol. The van der Waals surface area contributed by atoms with E-state index in [1.165, 1.54) is 0 Å². The SMILES string of the molecule is FC(F)(F)COC(CI)c1cccc(Br)c1. The molecule has 0 N–H and O–H groups in total. The molecular formula is C10H9BrF3IO. The van der Waals surface area contributed by atoms with Gasteiger partial charge in [-0.2, -0.15) is 13.2 Å². The van der Waals surface area contributed by atoms with Crippen LogP contribution < -0.4 is 0 Å². The Kier molecular flexibility index (Phi) is 5.52. The summed E-state index contributed by atoms with van der Waals surface area (Å²) in [5.41, 5.74) is 0.744. The third kappa shape index (κ3) is 5.01. The van der Waals surface area contributed by atoms with Gasteiger partial charge in [-0.1, -0.05) is 50.7 Å². The number of ether oxygens (including phenoxy) is 1. The summed E-state index contributed by atoms with van der Waals surface area (Å²) in [6.45, 7) is -1.22. The fourth-order valence-corrected chi connectivity index (χ4v) is 2.31. The second-order valence-electron chi connectivity index (χ2n) is 3.12. The molecule has 1 aromatic carbocycles. The van der Waals surface area contributed by atoms with Crippen molar-refractivity contribution in [2.24, 2.45) is 0 Å². The molecule has 1 atom stereocenters. The van der Waals surface area contributed by atoms with Gasteiger partial charge in [0.15, 0.2) is 0 Å². The molecule has 0 amide bonds. The van der Waals surface area contributed by atoms with Gasteiger partial charge in [-0.25, -0.2) is 0 Å². The summed E-state index contributed by atoms with van der Waals surface area (Å²) < 4.78 is 42.2. The molecular weight excluding hydrogens is 400 g/mol. The first-order chi connectivity index (χ1) is 7.42. The molecule has 16 heavy (non-hydrogen) atoms. The van der Waals surface area contributed by atoms with Crippen LogP contribution in [0.4, 0.5) is 13.2 Å². The van der Waals surface area contributed by atoms with Gasteiger partial charge in [-0.05, 0) is 17.7 Å². The van der Waals surface area contributed by atoms with Crippen LogP contribution in [0.5, 0.6) is 0 Å². The van der Waals surface area contributed by atoms with Gasteiger partial charge in [0.2, 0.25) is 0 Å². The van der Waals surface area contributed by atoms with Crippen molar-refractivity contribution in [1.82, 2.24) is 0 Å². The van der Waals surface area contributed by atoms with Crippen LogP contribution in [-0.4, -0.2) is 17.2 Å². The predicted molar refractivity (Wildman–Crippen MR) is 67.8 cm³/mol. The Morgan fingerprint density at radius 2 is 2.06 bits per heavy atom. The molecule has 0 heterocycles. The van der Waals surface area contributed by atoms with Crippen LogP contribution >= 0.6 is 38.5 Å². The van der Waals surface area contributed by atoms with E-state index in [2.05, 4.69) is 15.9 Å². The molecule has 1 aromatic rings. The van der Waals surface area contributed by atoms with Crippen LogP contribution in [0.15, 0.2) is 28.7 Å². The third-order valence-corrected chi connectivity index (χ3v) is 3.10. The zero-order valence-electron chi connectivity index (χ0n) is 8.10. The Labute approximate surface area is 114 Å². The lowest BCUT2D eigenvalue weighted by Crippen LogP contribution is -2.20. The zero-order valence-corrected chi connectivity index (χ0v) is 11.8. The molecule has 0 aliphatic heterocycles. The maximum atomic E-state index is 12.0. The first kappa shape index (κ1) is 14.2. The summed E-state index contributed by atoms with van der Waals surface area (Å²) in [5, 5.41) is 0. The van der Waals surface area contributed by atoms with Crippen molar-refractivity contribution in [1.29, 1.82) is 0 Å². The van der Waals surface area contributed by atoms with Crippen LogP contribution in [0.2, 0.25) is 0 Å². The average Bonchev–Trinajstić information content (AvgIpc) is 2.17. The van der Waals surface area contributed by atoms with Crippen LogP contribution in [0.25, 0.3) is 0 Å². The maximum absolute atomic E-state index is 12.0. The molecule has 0 radical (unpaired) electrons. The van der Waals surface area contributed by atoms with Gasteiger partial charge in [0.25, 0.3) is 0 Å². The largest absolute Gasteiger partial charge is 0.411 e. The van der Waals surface area contributed by atoms with E-state index in [0.29, 0.717) is 4.43 Å². The minimum absolute atomic E-state index is 0.476. The molecule has 0 bridgehead atoms. The molecule has 1 nitrogen and oxygen atoms in total. The lowest BCUT2D eigenvalue weighted by Gasteiger charge is -2.17. The number of hydrogen-bond acceptors (Lipinski definition) is 1. The lowest BCUT2D eigenvalue weighted by molar-refractivity contribution is -0.183. The molecule has 0 fully saturated rings. The van der Waals surface area contributed by atoms with Gasteiger partial charge in [-0.15, -0.1) is 0 Å². The Morgan fingerprint density at radius 1 is 1.38 bits per heavy atom. The molecule has 0 saturated carbocycles. The standard InChI is InChI=1S/C10H9BrF3IO/c11-8-3-1-2-7(4-8)9(5-15)16-6-10(12,13)14/h1-4,9H,5-6H2. The Balaban J connectivity index is 2.68. The van der Waals surface area contributed by atoms with Crippen molar-refractivity contribution < 1.29 is 17.9 Å². The van der Waals surface area contributed by atoms with E-state index in [1.807, 2.05) is 28.7 Å². The van der Waals surface area contributed by atoms with Gasteiger partial charge in [0.1, 0.15) is 6.61 Å². The molecule has 0 spiro atoms.